The first kappa shape index (κ1) is 18.9. The summed E-state index contributed by atoms with van der Waals surface area (Å²) in [5, 5.41) is 1.64. The molecule has 1 aromatic carbocycles. The molecule has 0 radical (unpaired) electrons. The first-order chi connectivity index (χ1) is 12.1. The fourth-order valence-electron chi connectivity index (χ4n) is 2.39. The predicted molar refractivity (Wildman–Crippen MR) is 95.1 cm³/mol. The number of esters is 2. The number of hydrogen-bond acceptors (Lipinski definition) is 6. The van der Waals surface area contributed by atoms with E-state index < -0.39 is 18.0 Å². The van der Waals surface area contributed by atoms with Crippen LogP contribution in [0, 0.1) is 0 Å². The molecular weight excluding hydrogens is 320 g/mol. The number of carbonyl (C=O) groups excluding carboxylic acids is 2. The Kier molecular flexibility index (Phi) is 7.35. The van der Waals surface area contributed by atoms with Crippen molar-refractivity contribution in [2.24, 2.45) is 5.73 Å². The lowest BCUT2D eigenvalue weighted by Gasteiger charge is -2.11. The number of carbonyl (C=O) groups is 2. The Morgan fingerprint density at radius 2 is 1.96 bits per heavy atom. The normalized spacial score (nSPS) is 11.9. The highest BCUT2D eigenvalue weighted by Crippen LogP contribution is 2.22. The summed E-state index contributed by atoms with van der Waals surface area (Å²) in [4.78, 5) is 27.9. The first-order valence-corrected chi connectivity index (χ1v) is 8.58. The van der Waals surface area contributed by atoms with E-state index in [1.54, 1.807) is 6.20 Å². The summed E-state index contributed by atoms with van der Waals surface area (Å²) in [7, 11) is 0. The summed E-state index contributed by atoms with van der Waals surface area (Å²) in [6.07, 6.45) is 5.34. The van der Waals surface area contributed by atoms with Crippen LogP contribution in [0.3, 0.4) is 0 Å². The quantitative estimate of drug-likeness (QED) is 0.555. The van der Waals surface area contributed by atoms with Gasteiger partial charge < -0.3 is 15.2 Å². The number of ether oxygens (including phenoxy) is 2. The number of nitrogens with two attached hydrogens (primary N) is 1. The van der Waals surface area contributed by atoms with Crippen molar-refractivity contribution < 1.29 is 19.1 Å². The van der Waals surface area contributed by atoms with Crippen LogP contribution in [0.1, 0.15) is 39.0 Å². The number of pyridine rings is 1. The van der Waals surface area contributed by atoms with Gasteiger partial charge in [0.25, 0.3) is 0 Å². The summed E-state index contributed by atoms with van der Waals surface area (Å²) in [6, 6.07) is 8.23. The van der Waals surface area contributed by atoms with Gasteiger partial charge in [0.2, 0.25) is 5.88 Å². The number of nitrogens with zero attached hydrogens (tertiary/aromatic N) is 1. The second-order valence-corrected chi connectivity index (χ2v) is 5.85. The highest BCUT2D eigenvalue weighted by atomic mass is 16.5. The molecule has 0 spiro atoms. The lowest BCUT2D eigenvalue weighted by atomic mass is 10.2. The molecule has 0 saturated heterocycles. The van der Waals surface area contributed by atoms with Gasteiger partial charge in [-0.15, -0.1) is 0 Å². The minimum Gasteiger partial charge on any atom is -0.465 e. The van der Waals surface area contributed by atoms with Crippen molar-refractivity contribution in [3.8, 4) is 5.88 Å². The number of rotatable bonds is 9. The largest absolute Gasteiger partial charge is 0.465 e. The summed E-state index contributed by atoms with van der Waals surface area (Å²) >= 11 is 0. The van der Waals surface area contributed by atoms with Gasteiger partial charge in [0, 0.05) is 11.6 Å². The van der Waals surface area contributed by atoms with E-state index in [1.807, 2.05) is 30.3 Å². The molecule has 1 heterocycles. The van der Waals surface area contributed by atoms with E-state index in [4.69, 9.17) is 15.2 Å². The van der Waals surface area contributed by atoms with Crippen LogP contribution < -0.4 is 10.5 Å². The van der Waals surface area contributed by atoms with E-state index in [0.29, 0.717) is 6.61 Å². The van der Waals surface area contributed by atoms with E-state index in [9.17, 15) is 9.59 Å². The molecule has 2 aromatic rings. The Bertz CT molecular complexity index is 712. The van der Waals surface area contributed by atoms with E-state index in [1.165, 1.54) is 0 Å². The van der Waals surface area contributed by atoms with E-state index in [2.05, 4.69) is 11.9 Å². The van der Waals surface area contributed by atoms with Crippen LogP contribution in [0.4, 0.5) is 0 Å². The molecule has 0 fully saturated rings. The molecular formula is C19H24N2O4. The molecule has 1 aromatic heterocycles. The average molecular weight is 344 g/mol. The zero-order chi connectivity index (χ0) is 18.1. The molecule has 0 aliphatic heterocycles. The maximum absolute atomic E-state index is 12.0. The third-order valence-corrected chi connectivity index (χ3v) is 3.78. The van der Waals surface area contributed by atoms with E-state index in [-0.39, 0.29) is 12.3 Å². The summed E-state index contributed by atoms with van der Waals surface area (Å²) in [5.41, 5.74) is 5.73. The summed E-state index contributed by atoms with van der Waals surface area (Å²) in [5.74, 6) is -0.984. The molecule has 2 N–H and O–H groups in total. The Morgan fingerprint density at radius 1 is 1.16 bits per heavy atom. The van der Waals surface area contributed by atoms with Crippen LogP contribution in [0.25, 0.3) is 10.8 Å². The lowest BCUT2D eigenvalue weighted by Crippen LogP contribution is -2.35. The molecule has 6 heteroatoms. The van der Waals surface area contributed by atoms with Crippen LogP contribution >= 0.6 is 0 Å². The highest BCUT2D eigenvalue weighted by Gasteiger charge is 2.21. The van der Waals surface area contributed by atoms with E-state index >= 15 is 0 Å². The molecule has 0 bridgehead atoms. The Labute approximate surface area is 147 Å². The number of unbranched alkanes of at least 4 members (excludes halogenated alkanes) is 3. The van der Waals surface area contributed by atoms with Crippen LogP contribution in [0.15, 0.2) is 36.5 Å². The molecule has 6 nitrogen and oxygen atoms in total. The third kappa shape index (κ3) is 5.83. The van der Waals surface area contributed by atoms with Crippen molar-refractivity contribution in [3.63, 3.8) is 0 Å². The smallest absolute Gasteiger partial charge is 0.323 e. The Hall–Kier alpha value is -2.47. The van der Waals surface area contributed by atoms with Crippen molar-refractivity contribution in [3.05, 3.63) is 36.5 Å². The molecule has 25 heavy (non-hydrogen) atoms. The van der Waals surface area contributed by atoms with Crippen molar-refractivity contribution in [2.45, 2.75) is 45.1 Å². The van der Waals surface area contributed by atoms with Crippen LogP contribution in [-0.2, 0) is 14.3 Å². The van der Waals surface area contributed by atoms with Crippen molar-refractivity contribution in [1.29, 1.82) is 0 Å². The molecule has 0 saturated carbocycles. The molecule has 1 atom stereocenters. The molecule has 0 aliphatic carbocycles. The average Bonchev–Trinajstić information content (AvgIpc) is 2.61. The lowest BCUT2D eigenvalue weighted by molar-refractivity contribution is -0.148. The topological polar surface area (TPSA) is 91.5 Å². The maximum Gasteiger partial charge on any atom is 0.323 e. The van der Waals surface area contributed by atoms with Crippen molar-refractivity contribution in [2.75, 3.05) is 6.61 Å². The van der Waals surface area contributed by atoms with Crippen molar-refractivity contribution >= 4 is 22.7 Å². The van der Waals surface area contributed by atoms with Gasteiger partial charge in [-0.25, -0.2) is 4.98 Å². The molecule has 0 aliphatic rings. The Morgan fingerprint density at radius 3 is 2.76 bits per heavy atom. The second-order valence-electron chi connectivity index (χ2n) is 5.85. The maximum atomic E-state index is 12.0. The number of hydrogen-bond donors (Lipinski definition) is 1. The molecule has 0 amide bonds. The first-order valence-electron chi connectivity index (χ1n) is 8.58. The molecule has 2 rings (SSSR count). The van der Waals surface area contributed by atoms with Gasteiger partial charge in [-0.2, -0.15) is 0 Å². The predicted octanol–water partition coefficient (Wildman–Crippen LogP) is 2.98. The fraction of sp³-hybridized carbons (Fsp3) is 0.421. The standard InChI is InChI=1S/C19H24N2O4/c1-2-3-4-7-12-24-19(23)16(20)13-17(22)25-18-15-9-6-5-8-14(15)10-11-21-18/h5-6,8-11,16H,2-4,7,12-13,20H2,1H3/t16-/m0/s1. The SMILES string of the molecule is CCCCCCOC(=O)[C@@H](N)CC(=O)Oc1nccc2ccccc12. The van der Waals surface area contributed by atoms with Crippen LogP contribution in [0.5, 0.6) is 5.88 Å². The number of aromatic nitrogens is 1. The van der Waals surface area contributed by atoms with Gasteiger partial charge in [0.1, 0.15) is 6.04 Å². The summed E-state index contributed by atoms with van der Waals surface area (Å²) < 4.78 is 10.4. The van der Waals surface area contributed by atoms with Gasteiger partial charge in [0.15, 0.2) is 0 Å². The Balaban J connectivity index is 1.83. The summed E-state index contributed by atoms with van der Waals surface area (Å²) in [6.45, 7) is 2.44. The van der Waals surface area contributed by atoms with Gasteiger partial charge in [0.05, 0.1) is 13.0 Å². The van der Waals surface area contributed by atoms with Gasteiger partial charge >= 0.3 is 11.9 Å². The minimum absolute atomic E-state index is 0.211. The molecule has 0 unspecified atom stereocenters. The number of benzene rings is 1. The number of fused-ring (bicyclic) bond motifs is 1. The molecule has 134 valence electrons. The fourth-order valence-corrected chi connectivity index (χ4v) is 2.39. The monoisotopic (exact) mass is 344 g/mol. The van der Waals surface area contributed by atoms with E-state index in [0.717, 1.165) is 36.5 Å². The van der Waals surface area contributed by atoms with Crippen LogP contribution in [0.2, 0.25) is 0 Å². The van der Waals surface area contributed by atoms with Crippen LogP contribution in [-0.4, -0.2) is 29.6 Å². The minimum atomic E-state index is -1.03. The van der Waals surface area contributed by atoms with Crippen molar-refractivity contribution in [1.82, 2.24) is 4.98 Å². The highest BCUT2D eigenvalue weighted by molar-refractivity contribution is 5.89. The third-order valence-electron chi connectivity index (χ3n) is 3.78. The zero-order valence-electron chi connectivity index (χ0n) is 14.4. The zero-order valence-corrected chi connectivity index (χ0v) is 14.4. The van der Waals surface area contributed by atoms with Gasteiger partial charge in [-0.05, 0) is 23.9 Å². The van der Waals surface area contributed by atoms with Gasteiger partial charge in [-0.3, -0.25) is 9.59 Å². The van der Waals surface area contributed by atoms with Gasteiger partial charge in [-0.1, -0.05) is 44.4 Å². The second kappa shape index (κ2) is 9.74.